The lowest BCUT2D eigenvalue weighted by Gasteiger charge is -2.11. The first-order valence-corrected chi connectivity index (χ1v) is 6.73. The van der Waals surface area contributed by atoms with Crippen molar-refractivity contribution in [2.75, 3.05) is 18.1 Å². The lowest BCUT2D eigenvalue weighted by Crippen LogP contribution is -2.29. The predicted molar refractivity (Wildman–Crippen MR) is 62.4 cm³/mol. The summed E-state index contributed by atoms with van der Waals surface area (Å²) >= 11 is 1.94. The maximum atomic E-state index is 8.82. The van der Waals surface area contributed by atoms with E-state index in [1.165, 1.54) is 31.4 Å². The highest BCUT2D eigenvalue weighted by molar-refractivity contribution is 7.99. The molecule has 14 heavy (non-hydrogen) atoms. The van der Waals surface area contributed by atoms with E-state index in [0.717, 1.165) is 18.2 Å². The zero-order valence-corrected chi connectivity index (χ0v) is 9.78. The third-order valence-corrected chi connectivity index (χ3v) is 4.00. The quantitative estimate of drug-likeness (QED) is 0.734. The highest BCUT2D eigenvalue weighted by atomic mass is 32.2. The van der Waals surface area contributed by atoms with Crippen molar-refractivity contribution in [2.24, 2.45) is 5.92 Å². The molecule has 1 aliphatic carbocycles. The Kier molecular flexibility index (Phi) is 6.05. The summed E-state index contributed by atoms with van der Waals surface area (Å²) in [4.78, 5) is 0. The Morgan fingerprint density at radius 1 is 1.50 bits per heavy atom. The largest absolute Gasteiger partial charge is 0.302 e. The van der Waals surface area contributed by atoms with Gasteiger partial charge < -0.3 is 5.32 Å². The number of hydrogen-bond donors (Lipinski definition) is 1. The van der Waals surface area contributed by atoms with E-state index in [-0.39, 0.29) is 6.04 Å². The Labute approximate surface area is 91.4 Å². The lowest BCUT2D eigenvalue weighted by atomic mass is 10.1. The minimum Gasteiger partial charge on any atom is -0.302 e. The maximum Gasteiger partial charge on any atom is 0.104 e. The van der Waals surface area contributed by atoms with Gasteiger partial charge in [-0.3, -0.25) is 0 Å². The number of rotatable bonds is 6. The molecule has 0 aromatic rings. The van der Waals surface area contributed by atoms with Crippen LogP contribution in [0.2, 0.25) is 0 Å². The molecule has 1 fully saturated rings. The van der Waals surface area contributed by atoms with Gasteiger partial charge in [-0.1, -0.05) is 19.8 Å². The van der Waals surface area contributed by atoms with Gasteiger partial charge in [-0.25, -0.2) is 0 Å². The Morgan fingerprint density at radius 2 is 2.21 bits per heavy atom. The van der Waals surface area contributed by atoms with Gasteiger partial charge in [0.2, 0.25) is 0 Å². The fourth-order valence-corrected chi connectivity index (χ4v) is 3.15. The second-order valence-corrected chi connectivity index (χ2v) is 5.00. The average molecular weight is 212 g/mol. The van der Waals surface area contributed by atoms with Crippen LogP contribution >= 0.6 is 11.8 Å². The standard InChI is InChI=1S/C11H20N2S/c1-2-13-11(7-12)9-14-8-10-5-3-4-6-10/h10-11,13H,2-6,8-9H2,1H3. The maximum absolute atomic E-state index is 8.82. The number of nitriles is 1. The van der Waals surface area contributed by atoms with E-state index < -0.39 is 0 Å². The first-order chi connectivity index (χ1) is 6.86. The van der Waals surface area contributed by atoms with Crippen molar-refractivity contribution in [3.63, 3.8) is 0 Å². The van der Waals surface area contributed by atoms with Crippen LogP contribution in [0.4, 0.5) is 0 Å². The molecule has 1 rings (SSSR count). The molecule has 80 valence electrons. The SMILES string of the molecule is CCNC(C#N)CSCC1CCCC1. The highest BCUT2D eigenvalue weighted by Gasteiger charge is 2.15. The molecule has 1 N–H and O–H groups in total. The molecule has 1 aliphatic rings. The smallest absolute Gasteiger partial charge is 0.104 e. The van der Waals surface area contributed by atoms with Gasteiger partial charge >= 0.3 is 0 Å². The van der Waals surface area contributed by atoms with E-state index in [4.69, 9.17) is 5.26 Å². The number of hydrogen-bond acceptors (Lipinski definition) is 3. The van der Waals surface area contributed by atoms with Crippen LogP contribution in [0.15, 0.2) is 0 Å². The summed E-state index contributed by atoms with van der Waals surface area (Å²) in [5.41, 5.74) is 0. The average Bonchev–Trinajstić information content (AvgIpc) is 2.69. The van der Waals surface area contributed by atoms with Gasteiger partial charge in [0.25, 0.3) is 0 Å². The molecule has 0 aromatic carbocycles. The van der Waals surface area contributed by atoms with Gasteiger partial charge in [0.1, 0.15) is 6.04 Å². The fourth-order valence-electron chi connectivity index (χ4n) is 1.92. The summed E-state index contributed by atoms with van der Waals surface area (Å²) in [5.74, 6) is 3.13. The molecule has 1 atom stereocenters. The van der Waals surface area contributed by atoms with Crippen molar-refractivity contribution in [2.45, 2.75) is 38.6 Å². The Hall–Kier alpha value is -0.200. The molecule has 0 amide bonds. The van der Waals surface area contributed by atoms with Gasteiger partial charge in [0.15, 0.2) is 0 Å². The molecular weight excluding hydrogens is 192 g/mol. The van der Waals surface area contributed by atoms with Crippen LogP contribution in [0.5, 0.6) is 0 Å². The Balaban J connectivity index is 2.04. The molecule has 0 aliphatic heterocycles. The fraction of sp³-hybridized carbons (Fsp3) is 0.909. The second-order valence-electron chi connectivity index (χ2n) is 3.93. The van der Waals surface area contributed by atoms with Crippen LogP contribution in [-0.4, -0.2) is 24.1 Å². The normalized spacial score (nSPS) is 19.4. The first kappa shape index (κ1) is 11.9. The number of thioether (sulfide) groups is 1. The molecule has 3 heteroatoms. The number of nitrogens with zero attached hydrogens (tertiary/aromatic N) is 1. The highest BCUT2D eigenvalue weighted by Crippen LogP contribution is 2.27. The van der Waals surface area contributed by atoms with E-state index in [2.05, 4.69) is 11.4 Å². The summed E-state index contributed by atoms with van der Waals surface area (Å²) in [6, 6.07) is 2.34. The zero-order valence-electron chi connectivity index (χ0n) is 8.96. The summed E-state index contributed by atoms with van der Waals surface area (Å²) in [5, 5.41) is 12.0. The van der Waals surface area contributed by atoms with Crippen molar-refractivity contribution in [1.82, 2.24) is 5.32 Å². The molecule has 0 aromatic heterocycles. The van der Waals surface area contributed by atoms with Crippen molar-refractivity contribution in [3.05, 3.63) is 0 Å². The van der Waals surface area contributed by atoms with Gasteiger partial charge in [-0.15, -0.1) is 0 Å². The molecule has 0 heterocycles. The molecule has 0 saturated heterocycles. The van der Waals surface area contributed by atoms with Crippen LogP contribution < -0.4 is 5.32 Å². The molecule has 1 unspecified atom stereocenters. The lowest BCUT2D eigenvalue weighted by molar-refractivity contribution is 0.620. The van der Waals surface area contributed by atoms with Crippen LogP contribution in [-0.2, 0) is 0 Å². The van der Waals surface area contributed by atoms with Gasteiger partial charge in [0, 0.05) is 5.75 Å². The first-order valence-electron chi connectivity index (χ1n) is 5.57. The third-order valence-electron chi connectivity index (χ3n) is 2.72. The predicted octanol–water partition coefficient (Wildman–Crippen LogP) is 2.41. The second kappa shape index (κ2) is 7.14. The van der Waals surface area contributed by atoms with Crippen molar-refractivity contribution >= 4 is 11.8 Å². The van der Waals surface area contributed by atoms with E-state index >= 15 is 0 Å². The van der Waals surface area contributed by atoms with Crippen LogP contribution in [0.25, 0.3) is 0 Å². The molecule has 0 bridgehead atoms. The van der Waals surface area contributed by atoms with Crippen molar-refractivity contribution < 1.29 is 0 Å². The third kappa shape index (κ3) is 4.34. The summed E-state index contributed by atoms with van der Waals surface area (Å²) in [6.45, 7) is 2.94. The number of nitrogens with one attached hydrogen (secondary N) is 1. The zero-order chi connectivity index (χ0) is 10.2. The molecule has 0 spiro atoms. The van der Waals surface area contributed by atoms with Gasteiger partial charge in [0.05, 0.1) is 6.07 Å². The van der Waals surface area contributed by atoms with E-state index in [0.29, 0.717) is 0 Å². The monoisotopic (exact) mass is 212 g/mol. The van der Waals surface area contributed by atoms with Crippen LogP contribution in [0, 0.1) is 17.2 Å². The summed E-state index contributed by atoms with van der Waals surface area (Å²) in [6.07, 6.45) is 5.65. The molecule has 0 radical (unpaired) electrons. The van der Waals surface area contributed by atoms with Crippen LogP contribution in [0.1, 0.15) is 32.6 Å². The minimum absolute atomic E-state index is 0.0476. The van der Waals surface area contributed by atoms with E-state index in [9.17, 15) is 0 Å². The van der Waals surface area contributed by atoms with Crippen molar-refractivity contribution in [3.8, 4) is 6.07 Å². The van der Waals surface area contributed by atoms with Gasteiger partial charge in [-0.2, -0.15) is 17.0 Å². The summed E-state index contributed by atoms with van der Waals surface area (Å²) in [7, 11) is 0. The van der Waals surface area contributed by atoms with E-state index in [1.807, 2.05) is 18.7 Å². The molecule has 2 nitrogen and oxygen atoms in total. The summed E-state index contributed by atoms with van der Waals surface area (Å²) < 4.78 is 0. The van der Waals surface area contributed by atoms with Crippen molar-refractivity contribution in [1.29, 1.82) is 5.26 Å². The Morgan fingerprint density at radius 3 is 2.79 bits per heavy atom. The Bertz CT molecular complexity index is 182. The topological polar surface area (TPSA) is 35.8 Å². The molecular formula is C11H20N2S. The van der Waals surface area contributed by atoms with Crippen LogP contribution in [0.3, 0.4) is 0 Å². The minimum atomic E-state index is 0.0476. The van der Waals surface area contributed by atoms with E-state index in [1.54, 1.807) is 0 Å². The van der Waals surface area contributed by atoms with Gasteiger partial charge in [-0.05, 0) is 31.1 Å². The molecule has 1 saturated carbocycles.